The topological polar surface area (TPSA) is 106 Å². The highest BCUT2D eigenvalue weighted by Gasteiger charge is 2.38. The van der Waals surface area contributed by atoms with E-state index in [2.05, 4.69) is 4.74 Å². The fraction of sp³-hybridized carbons (Fsp3) is 0.583. The highest BCUT2D eigenvalue weighted by molar-refractivity contribution is 7.62. The van der Waals surface area contributed by atoms with Gasteiger partial charge in [-0.1, -0.05) is 0 Å². The minimum Gasteiger partial charge on any atom is -0.464 e. The average Bonchev–Trinajstić information content (AvgIpc) is 2.48. The Labute approximate surface area is 126 Å². The normalized spacial score (nSPS) is 11.5. The molecular formula is C12H19N2O7P. The first kappa shape index (κ1) is 18.3. The van der Waals surface area contributed by atoms with Crippen molar-refractivity contribution in [3.8, 4) is 0 Å². The third kappa shape index (κ3) is 3.06. The van der Waals surface area contributed by atoms with Crippen LogP contribution in [0.15, 0.2) is 9.59 Å². The summed E-state index contributed by atoms with van der Waals surface area (Å²) in [7, 11) is -0.528. The Hall–Kier alpha value is -1.70. The number of ether oxygens (including phenoxy) is 1. The first-order chi connectivity index (χ1) is 10.2. The van der Waals surface area contributed by atoms with Crippen LogP contribution in [-0.2, 0) is 32.4 Å². The summed E-state index contributed by atoms with van der Waals surface area (Å²) in [6, 6.07) is 0. The van der Waals surface area contributed by atoms with Gasteiger partial charge in [-0.25, -0.2) is 9.59 Å². The second kappa shape index (κ2) is 7.04. The molecule has 0 N–H and O–H groups in total. The summed E-state index contributed by atoms with van der Waals surface area (Å²) < 4.78 is 29.3. The maximum absolute atomic E-state index is 12.9. The average molecular weight is 334 g/mol. The maximum Gasteiger partial charge on any atom is 0.369 e. The summed E-state index contributed by atoms with van der Waals surface area (Å²) in [4.78, 5) is 36.3. The molecule has 1 rings (SSSR count). The largest absolute Gasteiger partial charge is 0.464 e. The molecule has 10 heteroatoms. The van der Waals surface area contributed by atoms with E-state index >= 15 is 0 Å². The standard InChI is InChI=1S/C12H19N2O7P/c1-6-20-22(18,21-7-2)9-8(11(16)19-5)13(3)12(17)14(4)10(9)15/h6-7H2,1-5H3. The van der Waals surface area contributed by atoms with Crippen LogP contribution in [0, 0.1) is 0 Å². The lowest BCUT2D eigenvalue weighted by Crippen LogP contribution is -2.49. The summed E-state index contributed by atoms with van der Waals surface area (Å²) in [6.07, 6.45) is 0. The van der Waals surface area contributed by atoms with Gasteiger partial charge in [-0.05, 0) is 13.8 Å². The number of hydrogen-bond donors (Lipinski definition) is 0. The molecule has 0 aliphatic carbocycles. The van der Waals surface area contributed by atoms with E-state index in [9.17, 15) is 18.9 Å². The van der Waals surface area contributed by atoms with Crippen molar-refractivity contribution in [2.45, 2.75) is 13.8 Å². The van der Waals surface area contributed by atoms with Crippen molar-refractivity contribution in [3.63, 3.8) is 0 Å². The van der Waals surface area contributed by atoms with Crippen molar-refractivity contribution in [3.05, 3.63) is 26.5 Å². The molecule has 1 aromatic rings. The number of hydrogen-bond acceptors (Lipinski definition) is 7. The van der Waals surface area contributed by atoms with Crippen LogP contribution in [-0.4, -0.2) is 35.4 Å². The van der Waals surface area contributed by atoms with Gasteiger partial charge in [0.2, 0.25) is 0 Å². The Morgan fingerprint density at radius 3 is 2.00 bits per heavy atom. The highest BCUT2D eigenvalue weighted by atomic mass is 31.2. The van der Waals surface area contributed by atoms with E-state index in [1.165, 1.54) is 14.1 Å². The molecule has 0 spiro atoms. The van der Waals surface area contributed by atoms with E-state index in [-0.39, 0.29) is 13.2 Å². The second-order valence-electron chi connectivity index (χ2n) is 4.23. The number of nitrogens with zero attached hydrogens (tertiary/aromatic N) is 2. The van der Waals surface area contributed by atoms with Gasteiger partial charge >= 0.3 is 19.3 Å². The Bertz CT molecular complexity index is 724. The molecular weight excluding hydrogens is 315 g/mol. The van der Waals surface area contributed by atoms with Crippen molar-refractivity contribution in [1.82, 2.24) is 9.13 Å². The van der Waals surface area contributed by atoms with Crippen molar-refractivity contribution >= 4 is 18.9 Å². The van der Waals surface area contributed by atoms with Crippen molar-refractivity contribution in [2.24, 2.45) is 14.1 Å². The van der Waals surface area contributed by atoms with Crippen LogP contribution in [0.25, 0.3) is 0 Å². The van der Waals surface area contributed by atoms with Crippen LogP contribution < -0.4 is 16.6 Å². The Kier molecular flexibility index (Phi) is 5.87. The van der Waals surface area contributed by atoms with Crippen LogP contribution in [0.1, 0.15) is 24.3 Å². The first-order valence-electron chi connectivity index (χ1n) is 6.53. The molecule has 0 radical (unpaired) electrons. The number of carbonyl (C=O) groups excluding carboxylic acids is 1. The first-order valence-corrected chi connectivity index (χ1v) is 8.07. The summed E-state index contributed by atoms with van der Waals surface area (Å²) in [5.74, 6) is -0.980. The Morgan fingerprint density at radius 2 is 1.59 bits per heavy atom. The lowest BCUT2D eigenvalue weighted by atomic mass is 10.4. The van der Waals surface area contributed by atoms with E-state index in [4.69, 9.17) is 9.05 Å². The van der Waals surface area contributed by atoms with E-state index in [0.29, 0.717) is 0 Å². The minimum atomic E-state index is -4.08. The van der Waals surface area contributed by atoms with Crippen LogP contribution in [0.4, 0.5) is 0 Å². The molecule has 0 aliphatic rings. The van der Waals surface area contributed by atoms with Gasteiger partial charge in [0.05, 0.1) is 20.3 Å². The number of aromatic nitrogens is 2. The van der Waals surface area contributed by atoms with E-state index in [0.717, 1.165) is 16.2 Å². The SMILES string of the molecule is CCOP(=O)(OCC)c1c(C(=O)OC)n(C)c(=O)n(C)c1=O. The number of esters is 1. The summed E-state index contributed by atoms with van der Waals surface area (Å²) in [5, 5.41) is -0.507. The highest BCUT2D eigenvalue weighted by Crippen LogP contribution is 2.46. The van der Waals surface area contributed by atoms with Gasteiger partial charge in [-0.15, -0.1) is 0 Å². The zero-order valence-corrected chi connectivity index (χ0v) is 14.0. The lowest BCUT2D eigenvalue weighted by Gasteiger charge is -2.20. The van der Waals surface area contributed by atoms with Gasteiger partial charge < -0.3 is 13.8 Å². The van der Waals surface area contributed by atoms with Gasteiger partial charge in [0.1, 0.15) is 0 Å². The quantitative estimate of drug-likeness (QED) is 0.522. The Balaban J connectivity index is 3.93. The predicted molar refractivity (Wildman–Crippen MR) is 78.8 cm³/mol. The second-order valence-corrected chi connectivity index (χ2v) is 6.19. The van der Waals surface area contributed by atoms with Crippen LogP contribution >= 0.6 is 7.60 Å². The Morgan fingerprint density at radius 1 is 1.09 bits per heavy atom. The molecule has 124 valence electrons. The van der Waals surface area contributed by atoms with Crippen LogP contribution in [0.3, 0.4) is 0 Å². The molecule has 0 amide bonds. The zero-order valence-electron chi connectivity index (χ0n) is 13.1. The molecule has 22 heavy (non-hydrogen) atoms. The minimum absolute atomic E-state index is 0.0100. The third-order valence-electron chi connectivity index (χ3n) is 2.89. The van der Waals surface area contributed by atoms with Crippen molar-refractivity contribution in [2.75, 3.05) is 20.3 Å². The molecule has 0 atom stereocenters. The number of rotatable bonds is 6. The van der Waals surface area contributed by atoms with Crippen LogP contribution in [0.2, 0.25) is 0 Å². The molecule has 0 bridgehead atoms. The number of carbonyl (C=O) groups is 1. The van der Waals surface area contributed by atoms with Crippen LogP contribution in [0.5, 0.6) is 0 Å². The smallest absolute Gasteiger partial charge is 0.369 e. The van der Waals surface area contributed by atoms with Gasteiger partial charge in [-0.3, -0.25) is 18.5 Å². The summed E-state index contributed by atoms with van der Waals surface area (Å²) >= 11 is 0. The molecule has 0 aromatic carbocycles. The molecule has 0 aliphatic heterocycles. The molecule has 9 nitrogen and oxygen atoms in total. The molecule has 1 heterocycles. The molecule has 0 unspecified atom stereocenters. The summed E-state index contributed by atoms with van der Waals surface area (Å²) in [6.45, 7) is 3.11. The maximum atomic E-state index is 12.9. The molecule has 1 aromatic heterocycles. The van der Waals surface area contributed by atoms with E-state index < -0.39 is 35.8 Å². The van der Waals surface area contributed by atoms with Gasteiger partial charge in [0, 0.05) is 14.1 Å². The third-order valence-corrected chi connectivity index (χ3v) is 5.04. The lowest BCUT2D eigenvalue weighted by molar-refractivity contribution is 0.0588. The van der Waals surface area contributed by atoms with Crippen molar-refractivity contribution in [1.29, 1.82) is 0 Å². The van der Waals surface area contributed by atoms with Gasteiger partial charge in [0.15, 0.2) is 11.0 Å². The molecule has 0 fully saturated rings. The predicted octanol–water partition coefficient (Wildman–Crippen LogP) is -0.238. The zero-order chi connectivity index (χ0) is 17.1. The van der Waals surface area contributed by atoms with Gasteiger partial charge in [0.25, 0.3) is 5.56 Å². The van der Waals surface area contributed by atoms with E-state index in [1.807, 2.05) is 0 Å². The monoisotopic (exact) mass is 334 g/mol. The fourth-order valence-corrected chi connectivity index (χ4v) is 3.81. The fourth-order valence-electron chi connectivity index (χ4n) is 1.91. The van der Waals surface area contributed by atoms with E-state index in [1.54, 1.807) is 13.8 Å². The molecule has 0 saturated carbocycles. The molecule has 0 saturated heterocycles. The summed E-state index contributed by atoms with van der Waals surface area (Å²) in [5.41, 5.74) is -2.12. The van der Waals surface area contributed by atoms with Crippen molar-refractivity contribution < 1.29 is 23.1 Å². The van der Waals surface area contributed by atoms with Gasteiger partial charge in [-0.2, -0.15) is 0 Å². The number of methoxy groups -OCH3 is 1.